The van der Waals surface area contributed by atoms with Gasteiger partial charge >= 0.3 is 0 Å². The predicted octanol–water partition coefficient (Wildman–Crippen LogP) is 3.97. The number of ether oxygens (including phenoxy) is 1. The predicted molar refractivity (Wildman–Crippen MR) is 92.1 cm³/mol. The summed E-state index contributed by atoms with van der Waals surface area (Å²) in [6, 6.07) is 3.38. The molecule has 126 valence electrons. The summed E-state index contributed by atoms with van der Waals surface area (Å²) in [6.45, 7) is 5.75. The summed E-state index contributed by atoms with van der Waals surface area (Å²) in [4.78, 5) is 12.4. The fourth-order valence-electron chi connectivity index (χ4n) is 2.86. The summed E-state index contributed by atoms with van der Waals surface area (Å²) in [7, 11) is 1.59. The summed E-state index contributed by atoms with van der Waals surface area (Å²) in [5.74, 6) is 0.385. The van der Waals surface area contributed by atoms with E-state index < -0.39 is 0 Å². The van der Waals surface area contributed by atoms with E-state index in [1.807, 2.05) is 20.8 Å². The molecular weight excluding hydrogens is 290 g/mol. The zero-order chi connectivity index (χ0) is 17.0. The first-order valence-corrected chi connectivity index (χ1v) is 8.21. The number of carbonyl (C=O) groups excluding carboxylic acids is 1. The van der Waals surface area contributed by atoms with E-state index in [1.54, 1.807) is 19.2 Å². The number of phenols is 1. The van der Waals surface area contributed by atoms with Crippen LogP contribution in [0.15, 0.2) is 23.8 Å². The smallest absolute Gasteiger partial charge is 0.255 e. The molecule has 0 radical (unpaired) electrons. The maximum atomic E-state index is 12.4. The standard InChI is InChI=1S/C19H27NO3/c1-19(2,3)20-18(22)14-10-11-16(23-4)15(17(14)21)12-13-8-6-5-7-9-13/h8,10-11,21H,5-7,9,12H2,1-4H3,(H,20,22). The van der Waals surface area contributed by atoms with Gasteiger partial charge < -0.3 is 15.2 Å². The molecule has 0 aromatic heterocycles. The van der Waals surface area contributed by atoms with Crippen LogP contribution in [0.25, 0.3) is 0 Å². The molecule has 0 bridgehead atoms. The molecule has 2 rings (SSSR count). The van der Waals surface area contributed by atoms with Crippen LogP contribution in [-0.4, -0.2) is 23.7 Å². The second kappa shape index (κ2) is 7.07. The first-order chi connectivity index (χ1) is 10.8. The Balaban J connectivity index is 2.34. The van der Waals surface area contributed by atoms with Crippen molar-refractivity contribution < 1.29 is 14.6 Å². The first-order valence-electron chi connectivity index (χ1n) is 8.21. The Hall–Kier alpha value is -1.97. The van der Waals surface area contributed by atoms with Gasteiger partial charge in [-0.05, 0) is 58.6 Å². The summed E-state index contributed by atoms with van der Waals surface area (Å²) < 4.78 is 5.38. The highest BCUT2D eigenvalue weighted by Gasteiger charge is 2.22. The minimum atomic E-state index is -0.352. The third-order valence-corrected chi connectivity index (χ3v) is 3.98. The van der Waals surface area contributed by atoms with Gasteiger partial charge in [-0.15, -0.1) is 0 Å². The van der Waals surface area contributed by atoms with Gasteiger partial charge in [0.1, 0.15) is 11.5 Å². The Kier molecular flexibility index (Phi) is 5.34. The SMILES string of the molecule is COc1ccc(C(=O)NC(C)(C)C)c(O)c1CC1=CCCCC1. The highest BCUT2D eigenvalue weighted by molar-refractivity contribution is 5.98. The third kappa shape index (κ3) is 4.50. The molecule has 0 fully saturated rings. The minimum Gasteiger partial charge on any atom is -0.507 e. The monoisotopic (exact) mass is 317 g/mol. The number of hydrogen-bond acceptors (Lipinski definition) is 3. The topological polar surface area (TPSA) is 58.6 Å². The second-order valence-corrected chi connectivity index (χ2v) is 7.13. The van der Waals surface area contributed by atoms with Crippen molar-refractivity contribution in [3.63, 3.8) is 0 Å². The molecule has 0 aliphatic heterocycles. The number of amides is 1. The summed E-state index contributed by atoms with van der Waals surface area (Å²) in [5.41, 5.74) is 1.95. The van der Waals surface area contributed by atoms with Gasteiger partial charge in [0.05, 0.1) is 12.7 Å². The van der Waals surface area contributed by atoms with Crippen LogP contribution in [0, 0.1) is 0 Å². The van der Waals surface area contributed by atoms with Crippen molar-refractivity contribution in [2.24, 2.45) is 0 Å². The number of rotatable bonds is 4. The van der Waals surface area contributed by atoms with E-state index >= 15 is 0 Å². The summed E-state index contributed by atoms with van der Waals surface area (Å²) in [6.07, 6.45) is 7.40. The lowest BCUT2D eigenvalue weighted by atomic mass is 9.92. The average molecular weight is 317 g/mol. The molecule has 1 aromatic carbocycles. The highest BCUT2D eigenvalue weighted by Crippen LogP contribution is 2.35. The Morgan fingerprint density at radius 1 is 1.30 bits per heavy atom. The lowest BCUT2D eigenvalue weighted by Gasteiger charge is -2.22. The van der Waals surface area contributed by atoms with Gasteiger partial charge in [-0.2, -0.15) is 0 Å². The van der Waals surface area contributed by atoms with Gasteiger partial charge in [-0.1, -0.05) is 11.6 Å². The van der Waals surface area contributed by atoms with E-state index in [4.69, 9.17) is 4.74 Å². The molecule has 4 nitrogen and oxygen atoms in total. The van der Waals surface area contributed by atoms with Gasteiger partial charge in [0.25, 0.3) is 5.91 Å². The van der Waals surface area contributed by atoms with Crippen molar-refractivity contribution in [2.45, 2.75) is 58.4 Å². The summed E-state index contributed by atoms with van der Waals surface area (Å²) >= 11 is 0. The molecule has 1 aliphatic carbocycles. The number of carbonyl (C=O) groups is 1. The van der Waals surface area contributed by atoms with Gasteiger partial charge in [-0.25, -0.2) is 0 Å². The van der Waals surface area contributed by atoms with Gasteiger partial charge in [0.2, 0.25) is 0 Å². The van der Waals surface area contributed by atoms with Gasteiger partial charge in [0, 0.05) is 17.5 Å². The van der Waals surface area contributed by atoms with Crippen molar-refractivity contribution in [3.8, 4) is 11.5 Å². The number of phenolic OH excluding ortho intramolecular Hbond substituents is 1. The van der Waals surface area contributed by atoms with Crippen LogP contribution in [-0.2, 0) is 6.42 Å². The van der Waals surface area contributed by atoms with Crippen LogP contribution < -0.4 is 10.1 Å². The second-order valence-electron chi connectivity index (χ2n) is 7.13. The van der Waals surface area contributed by atoms with Crippen LogP contribution in [0.1, 0.15) is 62.4 Å². The zero-order valence-electron chi connectivity index (χ0n) is 14.5. The van der Waals surface area contributed by atoms with Crippen LogP contribution in [0.2, 0.25) is 0 Å². The summed E-state index contributed by atoms with van der Waals surface area (Å²) in [5, 5.41) is 13.5. The Morgan fingerprint density at radius 3 is 2.61 bits per heavy atom. The number of aromatic hydroxyl groups is 1. The highest BCUT2D eigenvalue weighted by atomic mass is 16.5. The molecule has 4 heteroatoms. The quantitative estimate of drug-likeness (QED) is 0.826. The average Bonchev–Trinajstić information content (AvgIpc) is 2.48. The number of hydrogen-bond donors (Lipinski definition) is 2. The molecular formula is C19H27NO3. The van der Waals surface area contributed by atoms with Crippen LogP contribution in [0.3, 0.4) is 0 Å². The van der Waals surface area contributed by atoms with Crippen molar-refractivity contribution in [3.05, 3.63) is 34.9 Å². The molecule has 23 heavy (non-hydrogen) atoms. The third-order valence-electron chi connectivity index (χ3n) is 3.98. The normalized spacial score (nSPS) is 15.0. The van der Waals surface area contributed by atoms with E-state index in [0.29, 0.717) is 23.3 Å². The number of benzene rings is 1. The maximum absolute atomic E-state index is 12.4. The molecule has 0 heterocycles. The molecule has 1 aromatic rings. The molecule has 1 amide bonds. The van der Waals surface area contributed by atoms with Crippen LogP contribution in [0.4, 0.5) is 0 Å². The van der Waals surface area contributed by atoms with Crippen molar-refractivity contribution >= 4 is 5.91 Å². The Bertz CT molecular complexity index is 612. The van der Waals surface area contributed by atoms with Gasteiger partial charge in [-0.3, -0.25) is 4.79 Å². The lowest BCUT2D eigenvalue weighted by Crippen LogP contribution is -2.40. The van der Waals surface area contributed by atoms with Crippen LogP contribution >= 0.6 is 0 Å². The Morgan fingerprint density at radius 2 is 2.04 bits per heavy atom. The molecule has 1 aliphatic rings. The van der Waals surface area contributed by atoms with Crippen molar-refractivity contribution in [2.75, 3.05) is 7.11 Å². The lowest BCUT2D eigenvalue weighted by molar-refractivity contribution is 0.0916. The molecule has 0 spiro atoms. The molecule has 0 saturated heterocycles. The van der Waals surface area contributed by atoms with Crippen molar-refractivity contribution in [1.82, 2.24) is 5.32 Å². The molecule has 0 saturated carbocycles. The largest absolute Gasteiger partial charge is 0.507 e. The van der Waals surface area contributed by atoms with E-state index in [-0.39, 0.29) is 17.2 Å². The number of allylic oxidation sites excluding steroid dienone is 2. The fourth-order valence-corrected chi connectivity index (χ4v) is 2.86. The first kappa shape index (κ1) is 17.4. The van der Waals surface area contributed by atoms with E-state index in [2.05, 4.69) is 11.4 Å². The van der Waals surface area contributed by atoms with E-state index in [1.165, 1.54) is 18.4 Å². The van der Waals surface area contributed by atoms with E-state index in [9.17, 15) is 9.90 Å². The minimum absolute atomic E-state index is 0.0255. The molecule has 2 N–H and O–H groups in total. The zero-order valence-corrected chi connectivity index (χ0v) is 14.5. The fraction of sp³-hybridized carbons (Fsp3) is 0.526. The number of methoxy groups -OCH3 is 1. The van der Waals surface area contributed by atoms with Crippen molar-refractivity contribution in [1.29, 1.82) is 0 Å². The number of nitrogens with one attached hydrogen (secondary N) is 1. The molecule has 0 unspecified atom stereocenters. The maximum Gasteiger partial charge on any atom is 0.255 e. The van der Waals surface area contributed by atoms with Gasteiger partial charge in [0.15, 0.2) is 0 Å². The Labute approximate surface area is 138 Å². The van der Waals surface area contributed by atoms with E-state index in [0.717, 1.165) is 12.8 Å². The van der Waals surface area contributed by atoms with Crippen LogP contribution in [0.5, 0.6) is 11.5 Å². The molecule has 0 atom stereocenters.